The van der Waals surface area contributed by atoms with Gasteiger partial charge in [0, 0.05) is 11.0 Å². The zero-order valence-electron chi connectivity index (χ0n) is 18.6. The van der Waals surface area contributed by atoms with Crippen molar-refractivity contribution in [2.24, 2.45) is 0 Å². The maximum absolute atomic E-state index is 14.0. The van der Waals surface area contributed by atoms with Gasteiger partial charge in [0.2, 0.25) is 5.91 Å². The molecule has 0 aliphatic carbocycles. The molecule has 0 saturated carbocycles. The molecular formula is C26H22F3N3O2. The minimum Gasteiger partial charge on any atom is -0.484 e. The Bertz CT molecular complexity index is 1370. The van der Waals surface area contributed by atoms with E-state index in [4.69, 9.17) is 4.74 Å². The van der Waals surface area contributed by atoms with Crippen LogP contribution in [0, 0.1) is 17.5 Å². The molecule has 4 rings (SSSR count). The number of aromatic nitrogens is 2. The highest BCUT2D eigenvalue weighted by molar-refractivity contribution is 5.92. The third kappa shape index (κ3) is 4.80. The Morgan fingerprint density at radius 2 is 1.76 bits per heavy atom. The van der Waals surface area contributed by atoms with E-state index in [0.29, 0.717) is 22.6 Å². The van der Waals surface area contributed by atoms with Crippen molar-refractivity contribution in [2.75, 3.05) is 0 Å². The van der Waals surface area contributed by atoms with Crippen molar-refractivity contribution < 1.29 is 22.7 Å². The standard InChI is InChI=1S/C26H22F3N3O2/c1-15(2)26(33)31-16(3)25(17-4-10-22(28)23(29)13-17)34-21-9-11-24-18(12-21)14-30-32(24)20-7-5-19(27)6-8-20/h4-14,16,25H,1H2,2-3H3,(H,31,33)/t16-,25-/m0/s1. The highest BCUT2D eigenvalue weighted by Crippen LogP contribution is 2.29. The van der Waals surface area contributed by atoms with Crippen LogP contribution >= 0.6 is 0 Å². The van der Waals surface area contributed by atoms with Gasteiger partial charge in [0.1, 0.15) is 17.7 Å². The highest BCUT2D eigenvalue weighted by atomic mass is 19.2. The molecule has 1 heterocycles. The Morgan fingerprint density at radius 1 is 1.03 bits per heavy atom. The molecule has 0 aliphatic rings. The maximum Gasteiger partial charge on any atom is 0.246 e. The van der Waals surface area contributed by atoms with E-state index in [0.717, 1.165) is 23.0 Å². The lowest BCUT2D eigenvalue weighted by molar-refractivity contribution is -0.118. The highest BCUT2D eigenvalue weighted by Gasteiger charge is 2.25. The Morgan fingerprint density at radius 3 is 2.44 bits per heavy atom. The van der Waals surface area contributed by atoms with E-state index in [1.54, 1.807) is 55.1 Å². The molecule has 0 aliphatic heterocycles. The summed E-state index contributed by atoms with van der Waals surface area (Å²) in [4.78, 5) is 12.2. The first-order chi connectivity index (χ1) is 16.2. The van der Waals surface area contributed by atoms with Crippen molar-refractivity contribution >= 4 is 16.8 Å². The molecule has 0 saturated heterocycles. The van der Waals surface area contributed by atoms with E-state index in [-0.39, 0.29) is 11.7 Å². The van der Waals surface area contributed by atoms with Gasteiger partial charge in [-0.1, -0.05) is 12.6 Å². The first-order valence-corrected chi connectivity index (χ1v) is 10.5. The summed E-state index contributed by atoms with van der Waals surface area (Å²) in [5.41, 5.74) is 2.13. The lowest BCUT2D eigenvalue weighted by Crippen LogP contribution is -2.39. The van der Waals surface area contributed by atoms with Crippen LogP contribution < -0.4 is 10.1 Å². The fourth-order valence-electron chi connectivity index (χ4n) is 3.57. The van der Waals surface area contributed by atoms with Gasteiger partial charge in [-0.15, -0.1) is 0 Å². The summed E-state index contributed by atoms with van der Waals surface area (Å²) in [6.07, 6.45) is 0.827. The van der Waals surface area contributed by atoms with Crippen molar-refractivity contribution in [3.63, 3.8) is 0 Å². The number of halogens is 3. The second kappa shape index (κ2) is 9.43. The summed E-state index contributed by atoms with van der Waals surface area (Å²) >= 11 is 0. The normalized spacial score (nSPS) is 12.9. The van der Waals surface area contributed by atoms with Crippen LogP contribution in [-0.2, 0) is 4.79 Å². The molecule has 1 N–H and O–H groups in total. The molecule has 1 amide bonds. The molecule has 0 bridgehead atoms. The summed E-state index contributed by atoms with van der Waals surface area (Å²) in [7, 11) is 0. The van der Waals surface area contributed by atoms with Gasteiger partial charge >= 0.3 is 0 Å². The van der Waals surface area contributed by atoms with Crippen molar-refractivity contribution in [2.45, 2.75) is 26.0 Å². The van der Waals surface area contributed by atoms with Gasteiger partial charge in [-0.2, -0.15) is 5.10 Å². The number of rotatable bonds is 7. The predicted octanol–water partition coefficient (Wildman–Crippen LogP) is 5.64. The summed E-state index contributed by atoms with van der Waals surface area (Å²) in [6.45, 7) is 6.90. The summed E-state index contributed by atoms with van der Waals surface area (Å²) in [6, 6.07) is 14.1. The number of carbonyl (C=O) groups excluding carboxylic acids is 1. The van der Waals surface area contributed by atoms with E-state index in [1.165, 1.54) is 18.2 Å². The van der Waals surface area contributed by atoms with E-state index >= 15 is 0 Å². The minimum absolute atomic E-state index is 0.311. The summed E-state index contributed by atoms with van der Waals surface area (Å²) in [5.74, 6) is -2.26. The molecule has 34 heavy (non-hydrogen) atoms. The lowest BCUT2D eigenvalue weighted by atomic mass is 10.0. The van der Waals surface area contributed by atoms with E-state index < -0.39 is 23.8 Å². The van der Waals surface area contributed by atoms with Gasteiger partial charge in [-0.25, -0.2) is 17.9 Å². The number of nitrogens with one attached hydrogen (secondary N) is 1. The Kier molecular flexibility index (Phi) is 6.40. The lowest BCUT2D eigenvalue weighted by Gasteiger charge is -2.27. The Labute approximate surface area is 194 Å². The van der Waals surface area contributed by atoms with Gasteiger partial charge in [-0.05, 0) is 74.0 Å². The number of amides is 1. The zero-order valence-corrected chi connectivity index (χ0v) is 18.6. The van der Waals surface area contributed by atoms with Crippen LogP contribution in [0.5, 0.6) is 5.75 Å². The van der Waals surface area contributed by atoms with Crippen molar-refractivity contribution in [1.29, 1.82) is 0 Å². The maximum atomic E-state index is 14.0. The van der Waals surface area contributed by atoms with Crippen molar-refractivity contribution in [1.82, 2.24) is 15.1 Å². The van der Waals surface area contributed by atoms with Gasteiger partial charge in [0.05, 0.1) is 23.4 Å². The number of ether oxygens (including phenoxy) is 1. The number of nitrogens with zero attached hydrogens (tertiary/aromatic N) is 2. The largest absolute Gasteiger partial charge is 0.484 e. The minimum atomic E-state index is -1.01. The number of benzene rings is 3. The number of carbonyl (C=O) groups is 1. The molecule has 0 unspecified atom stereocenters. The van der Waals surface area contributed by atoms with Crippen molar-refractivity contribution in [3.8, 4) is 11.4 Å². The van der Waals surface area contributed by atoms with Crippen LogP contribution in [0.1, 0.15) is 25.5 Å². The Balaban J connectivity index is 1.66. The van der Waals surface area contributed by atoms with Crippen LogP contribution in [0.2, 0.25) is 0 Å². The summed E-state index contributed by atoms with van der Waals surface area (Å²) < 4.78 is 48.6. The second-order valence-electron chi connectivity index (χ2n) is 8.01. The smallest absolute Gasteiger partial charge is 0.246 e. The fourth-order valence-corrected chi connectivity index (χ4v) is 3.57. The third-order valence-electron chi connectivity index (χ3n) is 5.35. The molecule has 3 aromatic carbocycles. The van der Waals surface area contributed by atoms with Gasteiger partial charge in [0.15, 0.2) is 11.6 Å². The molecule has 0 fully saturated rings. The average Bonchev–Trinajstić information content (AvgIpc) is 3.23. The van der Waals surface area contributed by atoms with Gasteiger partial charge in [-0.3, -0.25) is 4.79 Å². The molecular weight excluding hydrogens is 443 g/mol. The van der Waals surface area contributed by atoms with E-state index in [9.17, 15) is 18.0 Å². The summed E-state index contributed by atoms with van der Waals surface area (Å²) in [5, 5.41) is 7.90. The van der Waals surface area contributed by atoms with E-state index in [2.05, 4.69) is 17.0 Å². The second-order valence-corrected chi connectivity index (χ2v) is 8.01. The molecule has 0 spiro atoms. The number of hydrogen-bond acceptors (Lipinski definition) is 3. The predicted molar refractivity (Wildman–Crippen MR) is 123 cm³/mol. The van der Waals surface area contributed by atoms with Crippen LogP contribution in [0.4, 0.5) is 13.2 Å². The Hall–Kier alpha value is -4.07. The van der Waals surface area contributed by atoms with Crippen molar-refractivity contribution in [3.05, 3.63) is 102 Å². The van der Waals surface area contributed by atoms with E-state index in [1.807, 2.05) is 0 Å². The monoisotopic (exact) mass is 465 g/mol. The van der Waals surface area contributed by atoms with Crippen LogP contribution in [0.25, 0.3) is 16.6 Å². The van der Waals surface area contributed by atoms with Gasteiger partial charge < -0.3 is 10.1 Å². The molecule has 5 nitrogen and oxygen atoms in total. The first kappa shape index (κ1) is 23.1. The molecule has 0 radical (unpaired) electrons. The quantitative estimate of drug-likeness (QED) is 0.359. The topological polar surface area (TPSA) is 56.1 Å². The number of hydrogen-bond donors (Lipinski definition) is 1. The zero-order chi connectivity index (χ0) is 24.4. The molecule has 1 aromatic heterocycles. The fraction of sp³-hybridized carbons (Fsp3) is 0.154. The number of fused-ring (bicyclic) bond motifs is 1. The molecule has 174 valence electrons. The first-order valence-electron chi connectivity index (χ1n) is 10.5. The SMILES string of the molecule is C=C(C)C(=O)N[C@@H](C)[C@H](Oc1ccc2c(cnn2-c2ccc(F)cc2)c1)c1ccc(F)c(F)c1. The average molecular weight is 465 g/mol. The third-order valence-corrected chi connectivity index (χ3v) is 5.35. The van der Waals surface area contributed by atoms with Crippen LogP contribution in [0.3, 0.4) is 0 Å². The van der Waals surface area contributed by atoms with Crippen LogP contribution in [0.15, 0.2) is 79.0 Å². The molecule has 8 heteroatoms. The van der Waals surface area contributed by atoms with Gasteiger partial charge in [0.25, 0.3) is 0 Å². The molecule has 4 aromatic rings. The molecule has 2 atom stereocenters. The van der Waals surface area contributed by atoms with Crippen LogP contribution in [-0.4, -0.2) is 21.7 Å².